The Kier molecular flexibility index (Phi) is 11.7. The smallest absolute Gasteiger partial charge is 0.314 e. The lowest BCUT2D eigenvalue weighted by Gasteiger charge is -2.27. The van der Waals surface area contributed by atoms with Crippen molar-refractivity contribution in [3.8, 4) is 0 Å². The standard InChI is InChI=1S/C10H20N2O.C10H12.C5H9N3O/c1-2-12(10(11)13)8-9-6-4-3-5-7-9;1-2-6-10-8-4-3-7-9(10)5-1;6-5-3-7-8(4-5)1-2-9/h9H,2-8H2,1H3,(H2,11,13);1-2,5-6H,3-4,7-8H2;3-4,9H,1-2,6H2. The van der Waals surface area contributed by atoms with Gasteiger partial charge in [-0.05, 0) is 62.5 Å². The summed E-state index contributed by atoms with van der Waals surface area (Å²) in [5.41, 5.74) is 14.4. The number of aryl methyl sites for hydroxylation is 2. The highest BCUT2D eigenvalue weighted by atomic mass is 16.3. The first-order chi connectivity index (χ1) is 15.5. The molecule has 1 fully saturated rings. The molecule has 32 heavy (non-hydrogen) atoms. The molecule has 2 aliphatic rings. The Bertz CT molecular complexity index is 761. The number of aromatic nitrogens is 2. The van der Waals surface area contributed by atoms with Gasteiger partial charge in [-0.15, -0.1) is 0 Å². The van der Waals surface area contributed by atoms with Crippen LogP contribution in [0.3, 0.4) is 0 Å². The first kappa shape index (κ1) is 25.7. The maximum Gasteiger partial charge on any atom is 0.314 e. The van der Waals surface area contributed by atoms with E-state index in [4.69, 9.17) is 16.6 Å². The summed E-state index contributed by atoms with van der Waals surface area (Å²) >= 11 is 0. The highest BCUT2D eigenvalue weighted by Crippen LogP contribution is 2.24. The summed E-state index contributed by atoms with van der Waals surface area (Å²) in [6.45, 7) is 4.20. The van der Waals surface area contributed by atoms with Crippen LogP contribution in [0.15, 0.2) is 36.7 Å². The summed E-state index contributed by atoms with van der Waals surface area (Å²) < 4.78 is 1.59. The maximum atomic E-state index is 11.0. The number of aliphatic hydroxyl groups is 1. The molecule has 0 unspecified atom stereocenters. The first-order valence-electron chi connectivity index (χ1n) is 12.0. The zero-order valence-electron chi connectivity index (χ0n) is 19.6. The Morgan fingerprint density at radius 3 is 2.22 bits per heavy atom. The van der Waals surface area contributed by atoms with Gasteiger partial charge in [-0.2, -0.15) is 5.10 Å². The third kappa shape index (κ3) is 9.30. The Labute approximate surface area is 192 Å². The number of nitrogen functional groups attached to an aromatic ring is 1. The minimum atomic E-state index is -0.270. The fourth-order valence-corrected chi connectivity index (χ4v) is 4.34. The van der Waals surface area contributed by atoms with Crippen molar-refractivity contribution < 1.29 is 9.90 Å². The molecule has 1 heterocycles. The minimum absolute atomic E-state index is 0.0983. The second-order valence-corrected chi connectivity index (χ2v) is 8.62. The van der Waals surface area contributed by atoms with Crippen LogP contribution in [0.5, 0.6) is 0 Å². The number of amides is 2. The van der Waals surface area contributed by atoms with Gasteiger partial charge >= 0.3 is 6.03 Å². The molecule has 5 N–H and O–H groups in total. The third-order valence-corrected chi connectivity index (χ3v) is 6.14. The molecule has 1 aromatic heterocycles. The van der Waals surface area contributed by atoms with Crippen LogP contribution in [0.1, 0.15) is 63.0 Å². The van der Waals surface area contributed by atoms with Crippen LogP contribution in [0.2, 0.25) is 0 Å². The number of aliphatic hydroxyl groups excluding tert-OH is 1. The van der Waals surface area contributed by atoms with Crippen molar-refractivity contribution in [2.45, 2.75) is 71.3 Å². The molecule has 0 saturated heterocycles. The lowest BCUT2D eigenvalue weighted by atomic mass is 9.89. The van der Waals surface area contributed by atoms with E-state index in [2.05, 4.69) is 29.4 Å². The van der Waals surface area contributed by atoms with Gasteiger partial charge in [0.2, 0.25) is 0 Å². The van der Waals surface area contributed by atoms with Gasteiger partial charge in [-0.25, -0.2) is 4.79 Å². The van der Waals surface area contributed by atoms with E-state index in [0.29, 0.717) is 18.2 Å². The molecule has 0 spiro atoms. The Hall–Kier alpha value is -2.54. The number of nitrogens with two attached hydrogens (primary N) is 2. The van der Waals surface area contributed by atoms with Crippen molar-refractivity contribution in [2.75, 3.05) is 25.4 Å². The van der Waals surface area contributed by atoms with Gasteiger partial charge in [0.1, 0.15) is 0 Å². The number of nitrogens with zero attached hydrogens (tertiary/aromatic N) is 3. The molecule has 1 aromatic carbocycles. The molecule has 2 aromatic rings. The van der Waals surface area contributed by atoms with Crippen molar-refractivity contribution in [1.29, 1.82) is 0 Å². The molecule has 178 valence electrons. The van der Waals surface area contributed by atoms with Crippen molar-refractivity contribution in [1.82, 2.24) is 14.7 Å². The monoisotopic (exact) mass is 443 g/mol. The number of rotatable bonds is 5. The molecule has 7 nitrogen and oxygen atoms in total. The van der Waals surface area contributed by atoms with Crippen molar-refractivity contribution >= 4 is 11.7 Å². The topological polar surface area (TPSA) is 110 Å². The van der Waals surface area contributed by atoms with E-state index in [1.807, 2.05) is 6.92 Å². The number of hydrogen-bond donors (Lipinski definition) is 3. The fourth-order valence-electron chi connectivity index (χ4n) is 4.34. The average Bonchev–Trinajstić information content (AvgIpc) is 3.24. The maximum absolute atomic E-state index is 11.0. The van der Waals surface area contributed by atoms with E-state index in [0.717, 1.165) is 13.1 Å². The predicted molar refractivity (Wildman–Crippen MR) is 130 cm³/mol. The summed E-state index contributed by atoms with van der Waals surface area (Å²) in [5, 5.41) is 12.3. The number of primary amides is 1. The molecule has 0 bridgehead atoms. The average molecular weight is 444 g/mol. The summed E-state index contributed by atoms with van der Waals surface area (Å²) in [6.07, 6.45) is 15.1. The third-order valence-electron chi connectivity index (χ3n) is 6.14. The Morgan fingerprint density at radius 1 is 1.12 bits per heavy atom. The van der Waals surface area contributed by atoms with E-state index >= 15 is 0 Å². The number of hydrogen-bond acceptors (Lipinski definition) is 4. The lowest BCUT2D eigenvalue weighted by Crippen LogP contribution is -2.39. The van der Waals surface area contributed by atoms with E-state index < -0.39 is 0 Å². The van der Waals surface area contributed by atoms with Gasteiger partial charge < -0.3 is 21.5 Å². The van der Waals surface area contributed by atoms with Gasteiger partial charge in [0.05, 0.1) is 25.0 Å². The second kappa shape index (κ2) is 14.5. The molecular weight excluding hydrogens is 402 g/mol. The number of urea groups is 1. The van der Waals surface area contributed by atoms with Gasteiger partial charge in [0.25, 0.3) is 0 Å². The van der Waals surface area contributed by atoms with Gasteiger partial charge in [-0.3, -0.25) is 4.68 Å². The van der Waals surface area contributed by atoms with Crippen LogP contribution in [0, 0.1) is 5.92 Å². The number of fused-ring (bicyclic) bond motifs is 1. The molecule has 7 heteroatoms. The zero-order chi connectivity index (χ0) is 23.2. The van der Waals surface area contributed by atoms with Crippen LogP contribution < -0.4 is 11.5 Å². The van der Waals surface area contributed by atoms with Crippen molar-refractivity contribution in [3.05, 3.63) is 47.8 Å². The highest BCUT2D eigenvalue weighted by molar-refractivity contribution is 5.71. The molecule has 1 saturated carbocycles. The molecule has 2 amide bonds. The summed E-state index contributed by atoms with van der Waals surface area (Å²) in [5.74, 6) is 0.696. The minimum Gasteiger partial charge on any atom is -0.396 e. The van der Waals surface area contributed by atoms with Crippen LogP contribution in [-0.2, 0) is 19.4 Å². The van der Waals surface area contributed by atoms with Crippen LogP contribution in [0.25, 0.3) is 0 Å². The number of benzene rings is 1. The first-order valence-corrected chi connectivity index (χ1v) is 12.0. The highest BCUT2D eigenvalue weighted by Gasteiger charge is 2.17. The van der Waals surface area contributed by atoms with E-state index in [1.54, 1.807) is 33.1 Å². The molecule has 4 rings (SSSR count). The number of anilines is 1. The van der Waals surface area contributed by atoms with E-state index in [-0.39, 0.29) is 12.6 Å². The second-order valence-electron chi connectivity index (χ2n) is 8.62. The Morgan fingerprint density at radius 2 is 1.75 bits per heavy atom. The van der Waals surface area contributed by atoms with Gasteiger partial charge in [0.15, 0.2) is 0 Å². The SMILES string of the molecule is CCN(CC1CCCCC1)C(N)=O.Nc1cnn(CCO)c1.c1ccc2c(c1)CCCC2. The number of carbonyl (C=O) groups excluding carboxylic acids is 1. The molecule has 0 atom stereocenters. The quantitative estimate of drug-likeness (QED) is 0.649. The largest absolute Gasteiger partial charge is 0.396 e. The van der Waals surface area contributed by atoms with Gasteiger partial charge in [0, 0.05) is 19.3 Å². The van der Waals surface area contributed by atoms with Crippen LogP contribution in [0.4, 0.5) is 10.5 Å². The summed E-state index contributed by atoms with van der Waals surface area (Å²) in [6, 6.07) is 8.53. The lowest BCUT2D eigenvalue weighted by molar-refractivity contribution is 0.190. The van der Waals surface area contributed by atoms with E-state index in [1.165, 1.54) is 57.8 Å². The molecule has 0 aliphatic heterocycles. The van der Waals surface area contributed by atoms with Crippen LogP contribution in [-0.4, -0.2) is 45.5 Å². The number of carbonyl (C=O) groups is 1. The van der Waals surface area contributed by atoms with E-state index in [9.17, 15) is 4.79 Å². The predicted octanol–water partition coefficient (Wildman–Crippen LogP) is 3.99. The molecule has 0 radical (unpaired) electrons. The van der Waals surface area contributed by atoms with Gasteiger partial charge in [-0.1, -0.05) is 43.5 Å². The fraction of sp³-hybridized carbons (Fsp3) is 0.600. The normalized spacial score (nSPS) is 15.4. The summed E-state index contributed by atoms with van der Waals surface area (Å²) in [4.78, 5) is 12.7. The summed E-state index contributed by atoms with van der Waals surface area (Å²) in [7, 11) is 0. The van der Waals surface area contributed by atoms with Crippen molar-refractivity contribution in [3.63, 3.8) is 0 Å². The van der Waals surface area contributed by atoms with Crippen molar-refractivity contribution in [2.24, 2.45) is 11.7 Å². The zero-order valence-corrected chi connectivity index (χ0v) is 19.6. The Balaban J connectivity index is 0.000000173. The van der Waals surface area contributed by atoms with Crippen LogP contribution >= 0.6 is 0 Å². The molecule has 2 aliphatic carbocycles. The molecular formula is C25H41N5O2.